The van der Waals surface area contributed by atoms with Gasteiger partial charge in [-0.3, -0.25) is 9.59 Å². The van der Waals surface area contributed by atoms with Gasteiger partial charge in [0.15, 0.2) is 5.92 Å². The van der Waals surface area contributed by atoms with Crippen molar-refractivity contribution in [2.24, 2.45) is 17.8 Å². The van der Waals surface area contributed by atoms with Crippen LogP contribution < -0.4 is 0 Å². The monoisotopic (exact) mass is 216 g/mol. The van der Waals surface area contributed by atoms with E-state index in [1.807, 2.05) is 6.92 Å². The van der Waals surface area contributed by atoms with Gasteiger partial charge in [-0.2, -0.15) is 0 Å². The first kappa shape index (κ1) is 13.9. The van der Waals surface area contributed by atoms with Crippen LogP contribution in [0.15, 0.2) is 0 Å². The first-order valence-electron chi connectivity index (χ1n) is 5.34. The summed E-state index contributed by atoms with van der Waals surface area (Å²) in [5, 5.41) is 17.4. The molecular formula is C11H20O4. The number of rotatable bonds is 7. The number of hydrogen-bond acceptors (Lipinski definition) is 2. The molecule has 0 spiro atoms. The summed E-state index contributed by atoms with van der Waals surface area (Å²) in [7, 11) is 0. The molecule has 2 atom stereocenters. The van der Waals surface area contributed by atoms with Gasteiger partial charge in [0, 0.05) is 0 Å². The highest BCUT2D eigenvalue weighted by molar-refractivity contribution is 5.92. The van der Waals surface area contributed by atoms with Gasteiger partial charge in [-0.25, -0.2) is 0 Å². The lowest BCUT2D eigenvalue weighted by Crippen LogP contribution is -2.25. The van der Waals surface area contributed by atoms with Gasteiger partial charge in [-0.15, -0.1) is 0 Å². The molecule has 15 heavy (non-hydrogen) atoms. The molecule has 0 aromatic carbocycles. The van der Waals surface area contributed by atoms with Crippen LogP contribution in [0.25, 0.3) is 0 Å². The molecule has 0 aliphatic heterocycles. The summed E-state index contributed by atoms with van der Waals surface area (Å²) < 4.78 is 0. The van der Waals surface area contributed by atoms with Crippen molar-refractivity contribution in [3.05, 3.63) is 0 Å². The van der Waals surface area contributed by atoms with Crippen LogP contribution in [0.2, 0.25) is 0 Å². The third kappa shape index (κ3) is 5.40. The highest BCUT2D eigenvalue weighted by Crippen LogP contribution is 2.21. The van der Waals surface area contributed by atoms with Gasteiger partial charge < -0.3 is 10.2 Å². The van der Waals surface area contributed by atoms with Gasteiger partial charge in [0.25, 0.3) is 0 Å². The summed E-state index contributed by atoms with van der Waals surface area (Å²) in [5.74, 6) is -3.08. The van der Waals surface area contributed by atoms with Crippen molar-refractivity contribution in [1.29, 1.82) is 0 Å². The van der Waals surface area contributed by atoms with Crippen molar-refractivity contribution < 1.29 is 19.8 Å². The molecule has 0 rings (SSSR count). The second kappa shape index (κ2) is 6.43. The molecule has 4 nitrogen and oxygen atoms in total. The van der Waals surface area contributed by atoms with Crippen LogP contribution in [-0.4, -0.2) is 22.2 Å². The van der Waals surface area contributed by atoms with Crippen molar-refractivity contribution in [2.75, 3.05) is 0 Å². The Morgan fingerprint density at radius 3 is 1.80 bits per heavy atom. The van der Waals surface area contributed by atoms with Crippen molar-refractivity contribution >= 4 is 11.9 Å². The predicted molar refractivity (Wildman–Crippen MR) is 56.6 cm³/mol. The lowest BCUT2D eigenvalue weighted by atomic mass is 9.88. The van der Waals surface area contributed by atoms with Crippen LogP contribution in [0.5, 0.6) is 0 Å². The first-order chi connectivity index (χ1) is 6.88. The average molecular weight is 216 g/mol. The van der Waals surface area contributed by atoms with Gasteiger partial charge in [0.05, 0.1) is 0 Å². The van der Waals surface area contributed by atoms with E-state index in [2.05, 4.69) is 13.8 Å². The van der Waals surface area contributed by atoms with Crippen LogP contribution in [0, 0.1) is 17.8 Å². The first-order valence-corrected chi connectivity index (χ1v) is 5.34. The molecule has 0 aromatic heterocycles. The Kier molecular flexibility index (Phi) is 5.97. The van der Waals surface area contributed by atoms with E-state index in [9.17, 15) is 9.59 Å². The topological polar surface area (TPSA) is 74.6 Å². The largest absolute Gasteiger partial charge is 0.481 e. The van der Waals surface area contributed by atoms with Gasteiger partial charge in [0.1, 0.15) is 0 Å². The van der Waals surface area contributed by atoms with E-state index in [0.717, 1.165) is 12.8 Å². The molecule has 88 valence electrons. The van der Waals surface area contributed by atoms with Gasteiger partial charge in [-0.05, 0) is 24.7 Å². The Morgan fingerprint density at radius 2 is 1.47 bits per heavy atom. The number of carbonyl (C=O) groups is 2. The number of carboxylic acid groups (broad SMARTS) is 2. The zero-order valence-corrected chi connectivity index (χ0v) is 9.56. The lowest BCUT2D eigenvalue weighted by molar-refractivity contribution is -0.155. The molecule has 0 bridgehead atoms. The average Bonchev–Trinajstić information content (AvgIpc) is 2.12. The van der Waals surface area contributed by atoms with Crippen molar-refractivity contribution in [2.45, 2.75) is 40.0 Å². The molecule has 0 fully saturated rings. The summed E-state index contributed by atoms with van der Waals surface area (Å²) in [6.07, 6.45) is 2.14. The normalized spacial score (nSPS) is 14.9. The molecule has 0 heterocycles. The van der Waals surface area contributed by atoms with Crippen molar-refractivity contribution in [3.8, 4) is 0 Å². The Bertz CT molecular complexity index is 211. The van der Waals surface area contributed by atoms with Crippen LogP contribution in [0.3, 0.4) is 0 Å². The Hall–Kier alpha value is -1.06. The Balaban J connectivity index is 4.17. The predicted octanol–water partition coefficient (Wildman–Crippen LogP) is 2.23. The fourth-order valence-corrected chi connectivity index (χ4v) is 1.66. The van der Waals surface area contributed by atoms with Crippen LogP contribution >= 0.6 is 0 Å². The quantitative estimate of drug-likeness (QED) is 0.640. The molecule has 2 unspecified atom stereocenters. The number of carboxylic acids is 2. The molecule has 0 aliphatic rings. The minimum atomic E-state index is -1.26. The summed E-state index contributed by atoms with van der Waals surface area (Å²) in [5.41, 5.74) is 0. The third-order valence-electron chi connectivity index (χ3n) is 2.74. The Morgan fingerprint density at radius 1 is 1.00 bits per heavy atom. The summed E-state index contributed by atoms with van der Waals surface area (Å²) in [6.45, 7) is 6.07. The highest BCUT2D eigenvalue weighted by atomic mass is 16.4. The second-order valence-electron chi connectivity index (χ2n) is 4.32. The van der Waals surface area contributed by atoms with E-state index in [0.29, 0.717) is 5.92 Å². The summed E-state index contributed by atoms with van der Waals surface area (Å²) >= 11 is 0. The molecule has 0 aliphatic carbocycles. The number of aliphatic carboxylic acids is 2. The highest BCUT2D eigenvalue weighted by Gasteiger charge is 2.27. The standard InChI is InChI=1S/C11H20O4/c1-4-7(2)5-8(3)6-9(10(12)13)11(14)15/h7-9H,4-6H2,1-3H3,(H,12,13)(H,14,15). The SMILES string of the molecule is CCC(C)CC(C)CC(C(=O)O)C(=O)O. The van der Waals surface area contributed by atoms with Crippen LogP contribution in [-0.2, 0) is 9.59 Å². The van der Waals surface area contributed by atoms with E-state index in [4.69, 9.17) is 10.2 Å². The van der Waals surface area contributed by atoms with E-state index in [1.54, 1.807) is 0 Å². The summed E-state index contributed by atoms with van der Waals surface area (Å²) in [4.78, 5) is 21.3. The van der Waals surface area contributed by atoms with Crippen molar-refractivity contribution in [1.82, 2.24) is 0 Å². The number of hydrogen-bond donors (Lipinski definition) is 2. The fourth-order valence-electron chi connectivity index (χ4n) is 1.66. The second-order valence-corrected chi connectivity index (χ2v) is 4.32. The molecule has 0 saturated heterocycles. The minimum Gasteiger partial charge on any atom is -0.481 e. The maximum absolute atomic E-state index is 10.7. The molecule has 2 N–H and O–H groups in total. The smallest absolute Gasteiger partial charge is 0.317 e. The van der Waals surface area contributed by atoms with E-state index in [1.165, 1.54) is 0 Å². The van der Waals surface area contributed by atoms with E-state index >= 15 is 0 Å². The van der Waals surface area contributed by atoms with Gasteiger partial charge >= 0.3 is 11.9 Å². The van der Waals surface area contributed by atoms with Crippen LogP contribution in [0.4, 0.5) is 0 Å². The molecule has 0 saturated carbocycles. The lowest BCUT2D eigenvalue weighted by Gasteiger charge is -2.17. The minimum absolute atomic E-state index is 0.136. The zero-order valence-electron chi connectivity index (χ0n) is 9.56. The maximum atomic E-state index is 10.7. The third-order valence-corrected chi connectivity index (χ3v) is 2.74. The zero-order chi connectivity index (χ0) is 12.0. The van der Waals surface area contributed by atoms with Crippen molar-refractivity contribution in [3.63, 3.8) is 0 Å². The fraction of sp³-hybridized carbons (Fsp3) is 0.818. The molecule has 0 amide bonds. The van der Waals surface area contributed by atoms with E-state index in [-0.39, 0.29) is 12.3 Å². The Labute approximate surface area is 90.3 Å². The van der Waals surface area contributed by atoms with Gasteiger partial charge in [-0.1, -0.05) is 27.2 Å². The molecule has 0 aromatic rings. The van der Waals surface area contributed by atoms with Crippen LogP contribution in [0.1, 0.15) is 40.0 Å². The molecular weight excluding hydrogens is 196 g/mol. The van der Waals surface area contributed by atoms with Gasteiger partial charge in [0.2, 0.25) is 0 Å². The summed E-state index contributed by atoms with van der Waals surface area (Å²) in [6, 6.07) is 0. The molecule has 4 heteroatoms. The van der Waals surface area contributed by atoms with E-state index < -0.39 is 17.9 Å². The molecule has 0 radical (unpaired) electrons. The maximum Gasteiger partial charge on any atom is 0.317 e.